The SMILES string of the molecule is COc1ccc(-c2nc(COC(=O)[C@H](C)NS(=O)(=O)c3ccc(Cl)cc3)no2)cc1. The van der Waals surface area contributed by atoms with Gasteiger partial charge in [-0.2, -0.15) is 9.71 Å². The number of esters is 1. The molecule has 158 valence electrons. The summed E-state index contributed by atoms with van der Waals surface area (Å²) in [6.45, 7) is 1.10. The van der Waals surface area contributed by atoms with Crippen LogP contribution in [0.15, 0.2) is 57.9 Å². The van der Waals surface area contributed by atoms with Crippen LogP contribution < -0.4 is 9.46 Å². The number of aromatic nitrogens is 2. The minimum atomic E-state index is -3.91. The normalized spacial score (nSPS) is 12.4. The van der Waals surface area contributed by atoms with Crippen molar-refractivity contribution in [1.29, 1.82) is 0 Å². The number of methoxy groups -OCH3 is 1. The summed E-state index contributed by atoms with van der Waals surface area (Å²) in [6.07, 6.45) is 0. The molecule has 2 aromatic carbocycles. The van der Waals surface area contributed by atoms with Crippen LogP contribution in [0.25, 0.3) is 11.5 Å². The Morgan fingerprint density at radius 1 is 1.17 bits per heavy atom. The van der Waals surface area contributed by atoms with Crippen LogP contribution >= 0.6 is 11.6 Å². The molecule has 0 fully saturated rings. The standard InChI is InChI=1S/C19H18ClN3O6S/c1-12(23-30(25,26)16-9-5-14(20)6-10-16)19(24)28-11-17-21-18(29-22-17)13-3-7-15(27-2)8-4-13/h3-10,12,23H,11H2,1-2H3/t12-/m0/s1. The van der Waals surface area contributed by atoms with Crippen molar-refractivity contribution in [2.24, 2.45) is 0 Å². The number of benzene rings is 2. The second-order valence-electron chi connectivity index (χ2n) is 6.15. The van der Waals surface area contributed by atoms with Crippen LogP contribution in [0, 0.1) is 0 Å². The van der Waals surface area contributed by atoms with Crippen molar-refractivity contribution in [2.75, 3.05) is 7.11 Å². The molecule has 1 heterocycles. The summed E-state index contributed by atoms with van der Waals surface area (Å²) in [6, 6.07) is 11.4. The van der Waals surface area contributed by atoms with Gasteiger partial charge in [0.1, 0.15) is 11.8 Å². The van der Waals surface area contributed by atoms with E-state index in [2.05, 4.69) is 14.9 Å². The quantitative estimate of drug-likeness (QED) is 0.519. The van der Waals surface area contributed by atoms with E-state index in [9.17, 15) is 13.2 Å². The van der Waals surface area contributed by atoms with Crippen molar-refractivity contribution in [2.45, 2.75) is 24.5 Å². The van der Waals surface area contributed by atoms with Crippen molar-refractivity contribution in [3.05, 3.63) is 59.4 Å². The fraction of sp³-hybridized carbons (Fsp3) is 0.211. The van der Waals surface area contributed by atoms with Crippen LogP contribution in [0.1, 0.15) is 12.7 Å². The molecule has 0 amide bonds. The Hall–Kier alpha value is -2.95. The minimum absolute atomic E-state index is 0.0196. The summed E-state index contributed by atoms with van der Waals surface area (Å²) < 4.78 is 42.2. The molecule has 3 aromatic rings. The number of hydrogen-bond acceptors (Lipinski definition) is 8. The van der Waals surface area contributed by atoms with Crippen molar-refractivity contribution >= 4 is 27.6 Å². The zero-order valence-corrected chi connectivity index (χ0v) is 17.6. The molecule has 0 aliphatic rings. The van der Waals surface area contributed by atoms with Crippen LogP contribution in [0.3, 0.4) is 0 Å². The zero-order chi connectivity index (χ0) is 21.7. The molecule has 0 aliphatic carbocycles. The Balaban J connectivity index is 1.57. The van der Waals surface area contributed by atoms with Gasteiger partial charge in [0.2, 0.25) is 15.8 Å². The van der Waals surface area contributed by atoms with E-state index < -0.39 is 22.0 Å². The van der Waals surface area contributed by atoms with Gasteiger partial charge in [0.05, 0.1) is 12.0 Å². The number of halogens is 1. The lowest BCUT2D eigenvalue weighted by Gasteiger charge is -2.13. The lowest BCUT2D eigenvalue weighted by atomic mass is 10.2. The highest BCUT2D eigenvalue weighted by atomic mass is 35.5. The Bertz CT molecular complexity index is 1110. The Labute approximate surface area is 178 Å². The van der Waals surface area contributed by atoms with Gasteiger partial charge in [-0.15, -0.1) is 0 Å². The van der Waals surface area contributed by atoms with E-state index in [1.807, 2.05) is 0 Å². The first-order valence-corrected chi connectivity index (χ1v) is 10.6. The van der Waals surface area contributed by atoms with E-state index in [0.29, 0.717) is 16.3 Å². The predicted octanol–water partition coefficient (Wildman–Crippen LogP) is 2.81. The Kier molecular flexibility index (Phi) is 6.70. The number of hydrogen-bond donors (Lipinski definition) is 1. The Morgan fingerprint density at radius 2 is 1.83 bits per heavy atom. The van der Waals surface area contributed by atoms with Gasteiger partial charge in [-0.05, 0) is 55.5 Å². The monoisotopic (exact) mass is 451 g/mol. The molecule has 9 nitrogen and oxygen atoms in total. The van der Waals surface area contributed by atoms with Crippen LogP contribution in [0.5, 0.6) is 5.75 Å². The molecule has 0 aliphatic heterocycles. The summed E-state index contributed by atoms with van der Waals surface area (Å²) >= 11 is 5.76. The highest BCUT2D eigenvalue weighted by Gasteiger charge is 2.23. The maximum atomic E-state index is 12.3. The lowest BCUT2D eigenvalue weighted by Crippen LogP contribution is -2.39. The first-order valence-electron chi connectivity index (χ1n) is 8.70. The fourth-order valence-corrected chi connectivity index (χ4v) is 3.70. The van der Waals surface area contributed by atoms with E-state index in [1.54, 1.807) is 31.4 Å². The first kappa shape index (κ1) is 21.8. The highest BCUT2D eigenvalue weighted by Crippen LogP contribution is 2.21. The summed E-state index contributed by atoms with van der Waals surface area (Å²) in [5.41, 5.74) is 0.671. The third-order valence-electron chi connectivity index (χ3n) is 3.96. The van der Waals surface area contributed by atoms with E-state index in [4.69, 9.17) is 25.6 Å². The van der Waals surface area contributed by atoms with Crippen LogP contribution in [0.4, 0.5) is 0 Å². The molecule has 30 heavy (non-hydrogen) atoms. The van der Waals surface area contributed by atoms with Gasteiger partial charge in [0, 0.05) is 10.6 Å². The fourth-order valence-electron chi connectivity index (χ4n) is 2.39. The molecule has 0 unspecified atom stereocenters. The number of carbonyl (C=O) groups is 1. The number of nitrogens with zero attached hydrogens (tertiary/aromatic N) is 2. The lowest BCUT2D eigenvalue weighted by molar-refractivity contribution is -0.146. The van der Waals surface area contributed by atoms with Crippen molar-refractivity contribution in [3.8, 4) is 17.2 Å². The maximum Gasteiger partial charge on any atom is 0.324 e. The number of rotatable bonds is 8. The molecule has 0 saturated heterocycles. The van der Waals surface area contributed by atoms with E-state index in [-0.39, 0.29) is 23.2 Å². The summed E-state index contributed by atoms with van der Waals surface area (Å²) in [5, 5.41) is 4.15. The summed E-state index contributed by atoms with van der Waals surface area (Å²) in [7, 11) is -2.35. The topological polar surface area (TPSA) is 121 Å². The van der Waals surface area contributed by atoms with Gasteiger partial charge in [0.15, 0.2) is 6.61 Å². The number of sulfonamides is 1. The van der Waals surface area contributed by atoms with Gasteiger partial charge in [-0.25, -0.2) is 8.42 Å². The number of carbonyl (C=O) groups excluding carboxylic acids is 1. The molecule has 0 spiro atoms. The molecule has 11 heteroatoms. The average Bonchev–Trinajstić information content (AvgIpc) is 3.21. The van der Waals surface area contributed by atoms with Crippen LogP contribution in [0.2, 0.25) is 5.02 Å². The summed E-state index contributed by atoms with van der Waals surface area (Å²) in [4.78, 5) is 16.3. The van der Waals surface area contributed by atoms with Crippen LogP contribution in [-0.4, -0.2) is 37.7 Å². The van der Waals surface area contributed by atoms with Gasteiger partial charge >= 0.3 is 5.97 Å². The van der Waals surface area contributed by atoms with E-state index in [0.717, 1.165) is 0 Å². The van der Waals surface area contributed by atoms with Gasteiger partial charge in [0.25, 0.3) is 5.89 Å². The largest absolute Gasteiger partial charge is 0.497 e. The van der Waals surface area contributed by atoms with Crippen LogP contribution in [-0.2, 0) is 26.2 Å². The molecule has 0 saturated carbocycles. The number of ether oxygens (including phenoxy) is 2. The third kappa shape index (κ3) is 5.35. The minimum Gasteiger partial charge on any atom is -0.497 e. The molecule has 1 atom stereocenters. The third-order valence-corrected chi connectivity index (χ3v) is 5.77. The van der Waals surface area contributed by atoms with Gasteiger partial charge in [-0.3, -0.25) is 4.79 Å². The second kappa shape index (κ2) is 9.24. The van der Waals surface area contributed by atoms with Gasteiger partial charge in [-0.1, -0.05) is 16.8 Å². The van der Waals surface area contributed by atoms with Crippen molar-refractivity contribution < 1.29 is 27.2 Å². The average molecular weight is 452 g/mol. The van der Waals surface area contributed by atoms with Crippen molar-refractivity contribution in [3.63, 3.8) is 0 Å². The maximum absolute atomic E-state index is 12.3. The molecular weight excluding hydrogens is 434 g/mol. The van der Waals surface area contributed by atoms with Crippen molar-refractivity contribution in [1.82, 2.24) is 14.9 Å². The zero-order valence-electron chi connectivity index (χ0n) is 16.0. The molecule has 1 aromatic heterocycles. The Morgan fingerprint density at radius 3 is 2.47 bits per heavy atom. The molecule has 3 rings (SSSR count). The van der Waals surface area contributed by atoms with E-state index >= 15 is 0 Å². The smallest absolute Gasteiger partial charge is 0.324 e. The van der Waals surface area contributed by atoms with E-state index in [1.165, 1.54) is 31.2 Å². The second-order valence-corrected chi connectivity index (χ2v) is 8.30. The molecular formula is C19H18ClN3O6S. The molecule has 0 radical (unpaired) electrons. The first-order chi connectivity index (χ1) is 14.3. The number of nitrogens with one attached hydrogen (secondary N) is 1. The highest BCUT2D eigenvalue weighted by molar-refractivity contribution is 7.89. The molecule has 0 bridgehead atoms. The summed E-state index contributed by atoms with van der Waals surface area (Å²) in [5.74, 6) is 0.285. The predicted molar refractivity (Wildman–Crippen MR) is 107 cm³/mol. The van der Waals surface area contributed by atoms with Gasteiger partial charge < -0.3 is 14.0 Å². The molecule has 1 N–H and O–H groups in total.